The Morgan fingerprint density at radius 2 is 2.20 bits per heavy atom. The highest BCUT2D eigenvalue weighted by Crippen LogP contribution is 2.27. The minimum absolute atomic E-state index is 0.0467. The summed E-state index contributed by atoms with van der Waals surface area (Å²) >= 11 is 5.74. The molecule has 0 saturated carbocycles. The maximum absolute atomic E-state index is 11.4. The van der Waals surface area contributed by atoms with Gasteiger partial charge in [0.05, 0.1) is 23.7 Å². The number of amides is 1. The monoisotopic (exact) mass is 225 g/mol. The minimum Gasteiger partial charge on any atom is -0.382 e. The molecule has 0 aliphatic carbocycles. The van der Waals surface area contributed by atoms with Gasteiger partial charge in [0.2, 0.25) is 5.91 Å². The number of Topliss-reactive ketones (excluding diaryl/α,β-unsaturated/α-hetero) is 1. The van der Waals surface area contributed by atoms with Crippen molar-refractivity contribution in [1.29, 1.82) is 0 Å². The summed E-state index contributed by atoms with van der Waals surface area (Å²) in [7, 11) is 0. The molecular weight excluding hydrogens is 218 g/mol. The molecule has 1 fully saturated rings. The second-order valence-corrected chi connectivity index (χ2v) is 3.69. The summed E-state index contributed by atoms with van der Waals surface area (Å²) in [6.45, 7) is 0.0467. The van der Waals surface area contributed by atoms with Gasteiger partial charge in [0.15, 0.2) is 5.78 Å². The molecule has 1 aromatic heterocycles. The first kappa shape index (κ1) is 9.92. The quantitative estimate of drug-likeness (QED) is 0.711. The molecular formula is C9H8ClN3O2. The van der Waals surface area contributed by atoms with Crippen molar-refractivity contribution >= 4 is 34.8 Å². The molecule has 2 rings (SSSR count). The topological polar surface area (TPSA) is 76.3 Å². The zero-order valence-corrected chi connectivity index (χ0v) is 8.49. The largest absolute Gasteiger partial charge is 0.382 e. The van der Waals surface area contributed by atoms with E-state index in [0.29, 0.717) is 10.7 Å². The van der Waals surface area contributed by atoms with E-state index in [1.807, 2.05) is 0 Å². The highest BCUT2D eigenvalue weighted by atomic mass is 35.5. The van der Waals surface area contributed by atoms with Gasteiger partial charge in [-0.05, 0) is 6.07 Å². The number of ketones is 1. The maximum Gasteiger partial charge on any atom is 0.235 e. The van der Waals surface area contributed by atoms with Crippen molar-refractivity contribution in [2.24, 2.45) is 0 Å². The third-order valence-electron chi connectivity index (χ3n) is 2.14. The molecule has 15 heavy (non-hydrogen) atoms. The van der Waals surface area contributed by atoms with Crippen LogP contribution in [0.2, 0.25) is 5.02 Å². The fourth-order valence-corrected chi connectivity index (χ4v) is 1.61. The number of hydrogen-bond acceptors (Lipinski definition) is 4. The van der Waals surface area contributed by atoms with Gasteiger partial charge in [0.25, 0.3) is 0 Å². The molecule has 0 radical (unpaired) electrons. The van der Waals surface area contributed by atoms with Crippen LogP contribution in [0.1, 0.15) is 6.42 Å². The van der Waals surface area contributed by atoms with Gasteiger partial charge in [0.1, 0.15) is 5.82 Å². The highest BCUT2D eigenvalue weighted by Gasteiger charge is 2.30. The Morgan fingerprint density at radius 3 is 2.80 bits per heavy atom. The van der Waals surface area contributed by atoms with Crippen LogP contribution in [-0.2, 0) is 9.59 Å². The summed E-state index contributed by atoms with van der Waals surface area (Å²) in [5.74, 6) is -0.197. The lowest BCUT2D eigenvalue weighted by molar-refractivity contribution is -0.121. The number of pyridine rings is 1. The van der Waals surface area contributed by atoms with Gasteiger partial charge in [-0.25, -0.2) is 4.98 Å². The van der Waals surface area contributed by atoms with E-state index >= 15 is 0 Å². The van der Waals surface area contributed by atoms with Crippen molar-refractivity contribution in [3.05, 3.63) is 17.3 Å². The van der Waals surface area contributed by atoms with Crippen molar-refractivity contribution < 1.29 is 9.59 Å². The van der Waals surface area contributed by atoms with Crippen molar-refractivity contribution in [1.82, 2.24) is 4.98 Å². The third kappa shape index (κ3) is 1.78. The predicted molar refractivity (Wildman–Crippen MR) is 55.6 cm³/mol. The average molecular weight is 226 g/mol. The molecule has 1 saturated heterocycles. The minimum atomic E-state index is -0.268. The van der Waals surface area contributed by atoms with E-state index in [1.54, 1.807) is 0 Å². The Kier molecular flexibility index (Phi) is 2.32. The molecule has 78 valence electrons. The Labute approximate surface area is 90.8 Å². The van der Waals surface area contributed by atoms with E-state index in [2.05, 4.69) is 4.98 Å². The number of halogens is 1. The number of hydrogen-bond donors (Lipinski definition) is 1. The van der Waals surface area contributed by atoms with Gasteiger partial charge in [-0.15, -0.1) is 0 Å². The zero-order chi connectivity index (χ0) is 11.0. The van der Waals surface area contributed by atoms with E-state index in [1.165, 1.54) is 17.2 Å². The van der Waals surface area contributed by atoms with Crippen molar-refractivity contribution in [2.45, 2.75) is 6.42 Å². The number of anilines is 2. The van der Waals surface area contributed by atoms with Crippen LogP contribution in [0.5, 0.6) is 0 Å². The number of carbonyl (C=O) groups excluding carboxylic acids is 2. The standard InChI is InChI=1S/C9H8ClN3O2/c10-5-1-7(9(11)12-3-5)13-4-6(14)2-8(13)15/h1,3H,2,4H2,(H2,11,12). The first-order chi connectivity index (χ1) is 7.08. The summed E-state index contributed by atoms with van der Waals surface area (Å²) in [6, 6.07) is 1.53. The van der Waals surface area contributed by atoms with Gasteiger partial charge in [-0.1, -0.05) is 11.6 Å². The first-order valence-electron chi connectivity index (χ1n) is 4.31. The van der Waals surface area contributed by atoms with Crippen LogP contribution in [0.25, 0.3) is 0 Å². The fraction of sp³-hybridized carbons (Fsp3) is 0.222. The number of aromatic nitrogens is 1. The number of nitrogens with zero attached hydrogens (tertiary/aromatic N) is 2. The molecule has 0 bridgehead atoms. The molecule has 1 aromatic rings. The number of nitrogens with two attached hydrogens (primary N) is 1. The second kappa shape index (κ2) is 3.51. The molecule has 2 N–H and O–H groups in total. The van der Waals surface area contributed by atoms with Crippen molar-refractivity contribution in [3.8, 4) is 0 Å². The summed E-state index contributed by atoms with van der Waals surface area (Å²) in [5.41, 5.74) is 6.00. The maximum atomic E-state index is 11.4. The first-order valence-corrected chi connectivity index (χ1v) is 4.69. The molecule has 6 heteroatoms. The number of rotatable bonds is 1. The Hall–Kier alpha value is -1.62. The normalized spacial score (nSPS) is 16.2. The van der Waals surface area contributed by atoms with Gasteiger partial charge in [-0.2, -0.15) is 0 Å². The Balaban J connectivity index is 2.41. The highest BCUT2D eigenvalue weighted by molar-refractivity contribution is 6.31. The molecule has 1 aliphatic rings. The zero-order valence-electron chi connectivity index (χ0n) is 7.74. The Bertz CT molecular complexity index is 447. The lowest BCUT2D eigenvalue weighted by Crippen LogP contribution is -2.25. The molecule has 2 heterocycles. The average Bonchev–Trinajstić information content (AvgIpc) is 2.50. The number of carbonyl (C=O) groups is 2. The summed E-state index contributed by atoms with van der Waals surface area (Å²) in [6.07, 6.45) is 1.31. The molecule has 1 aliphatic heterocycles. The molecule has 5 nitrogen and oxygen atoms in total. The van der Waals surface area contributed by atoms with Gasteiger partial charge in [-0.3, -0.25) is 9.59 Å². The smallest absolute Gasteiger partial charge is 0.235 e. The van der Waals surface area contributed by atoms with Crippen LogP contribution in [0, 0.1) is 0 Å². The van der Waals surface area contributed by atoms with Gasteiger partial charge < -0.3 is 10.6 Å². The van der Waals surface area contributed by atoms with Crippen LogP contribution < -0.4 is 10.6 Å². The van der Waals surface area contributed by atoms with Crippen molar-refractivity contribution in [2.75, 3.05) is 17.2 Å². The summed E-state index contributed by atoms with van der Waals surface area (Å²) < 4.78 is 0. The molecule has 1 amide bonds. The predicted octanol–water partition coefficient (Wildman–Crippen LogP) is 0.623. The van der Waals surface area contributed by atoms with Crippen LogP contribution in [0.3, 0.4) is 0 Å². The Morgan fingerprint density at radius 1 is 1.47 bits per heavy atom. The third-order valence-corrected chi connectivity index (χ3v) is 2.35. The summed E-state index contributed by atoms with van der Waals surface area (Å²) in [5, 5.41) is 0.381. The van der Waals surface area contributed by atoms with Crippen LogP contribution in [-0.4, -0.2) is 23.2 Å². The van der Waals surface area contributed by atoms with Crippen molar-refractivity contribution in [3.63, 3.8) is 0 Å². The SMILES string of the molecule is Nc1ncc(Cl)cc1N1CC(=O)CC1=O. The van der Waals surface area contributed by atoms with E-state index in [-0.39, 0.29) is 30.5 Å². The second-order valence-electron chi connectivity index (χ2n) is 3.25. The van der Waals surface area contributed by atoms with Crippen LogP contribution >= 0.6 is 11.6 Å². The van der Waals surface area contributed by atoms with E-state index in [9.17, 15) is 9.59 Å². The van der Waals surface area contributed by atoms with E-state index in [0.717, 1.165) is 0 Å². The van der Waals surface area contributed by atoms with Gasteiger partial charge >= 0.3 is 0 Å². The van der Waals surface area contributed by atoms with Gasteiger partial charge in [0, 0.05) is 6.20 Å². The molecule has 0 unspecified atom stereocenters. The van der Waals surface area contributed by atoms with E-state index < -0.39 is 0 Å². The summed E-state index contributed by atoms with van der Waals surface area (Å²) in [4.78, 5) is 27.6. The molecule has 0 aromatic carbocycles. The lowest BCUT2D eigenvalue weighted by atomic mass is 10.3. The van der Waals surface area contributed by atoms with E-state index in [4.69, 9.17) is 17.3 Å². The molecule has 0 atom stereocenters. The lowest BCUT2D eigenvalue weighted by Gasteiger charge is -2.16. The molecule has 0 spiro atoms. The fourth-order valence-electron chi connectivity index (χ4n) is 1.46. The number of nitrogen functional groups attached to an aromatic ring is 1. The van der Waals surface area contributed by atoms with Crippen LogP contribution in [0.4, 0.5) is 11.5 Å². The van der Waals surface area contributed by atoms with Crippen LogP contribution in [0.15, 0.2) is 12.3 Å².